The monoisotopic (exact) mass is 247 g/mol. The lowest BCUT2D eigenvalue weighted by Gasteiger charge is -2.36. The highest BCUT2D eigenvalue weighted by atomic mass is 16.2. The van der Waals surface area contributed by atoms with E-state index in [1.54, 1.807) is 0 Å². The predicted octanol–water partition coefficient (Wildman–Crippen LogP) is 1.60. The second kappa shape index (κ2) is 5.40. The molecule has 1 heterocycles. The first-order valence-electron chi connectivity index (χ1n) is 6.49. The van der Waals surface area contributed by atoms with E-state index in [4.69, 9.17) is 5.73 Å². The summed E-state index contributed by atoms with van der Waals surface area (Å²) in [6, 6.07) is 7.98. The van der Waals surface area contributed by atoms with Gasteiger partial charge < -0.3 is 15.5 Å². The van der Waals surface area contributed by atoms with Crippen LogP contribution in [-0.2, 0) is 4.79 Å². The molecular formula is C14H21N3O. The smallest absolute Gasteiger partial charge is 0.228 e. The van der Waals surface area contributed by atoms with Crippen LogP contribution in [0.5, 0.6) is 0 Å². The second-order valence-electron chi connectivity index (χ2n) is 4.83. The molecule has 2 N–H and O–H groups in total. The van der Waals surface area contributed by atoms with Crippen LogP contribution in [-0.4, -0.2) is 32.1 Å². The topological polar surface area (TPSA) is 49.6 Å². The molecule has 98 valence electrons. The Hall–Kier alpha value is -1.55. The van der Waals surface area contributed by atoms with Crippen LogP contribution in [0, 0.1) is 0 Å². The molecule has 0 fully saturated rings. The van der Waals surface area contributed by atoms with Gasteiger partial charge >= 0.3 is 0 Å². The largest absolute Gasteiger partial charge is 0.371 e. The number of para-hydroxylation sites is 2. The van der Waals surface area contributed by atoms with Gasteiger partial charge in [-0.15, -0.1) is 0 Å². The molecule has 1 aliphatic rings. The summed E-state index contributed by atoms with van der Waals surface area (Å²) >= 11 is 0. The fourth-order valence-corrected chi connectivity index (χ4v) is 2.24. The number of anilines is 2. The molecule has 0 saturated heterocycles. The Morgan fingerprint density at radius 1 is 1.33 bits per heavy atom. The van der Waals surface area contributed by atoms with E-state index in [2.05, 4.69) is 18.0 Å². The average Bonchev–Trinajstić information content (AvgIpc) is 2.39. The summed E-state index contributed by atoms with van der Waals surface area (Å²) < 4.78 is 0. The summed E-state index contributed by atoms with van der Waals surface area (Å²) in [6.07, 6.45) is 1.26. The molecule has 4 heteroatoms. The SMILES string of the molecule is CCC(N)CC(=O)N1CCN(C)c2ccccc21. The van der Waals surface area contributed by atoms with Crippen molar-refractivity contribution >= 4 is 17.3 Å². The molecule has 0 radical (unpaired) electrons. The Balaban J connectivity index is 2.21. The van der Waals surface area contributed by atoms with Gasteiger partial charge in [-0.05, 0) is 18.6 Å². The fraction of sp³-hybridized carbons (Fsp3) is 0.500. The lowest BCUT2D eigenvalue weighted by Crippen LogP contribution is -2.44. The lowest BCUT2D eigenvalue weighted by molar-refractivity contribution is -0.119. The van der Waals surface area contributed by atoms with Gasteiger partial charge in [-0.2, -0.15) is 0 Å². The molecule has 0 saturated carbocycles. The van der Waals surface area contributed by atoms with Crippen LogP contribution in [0.4, 0.5) is 11.4 Å². The van der Waals surface area contributed by atoms with Crippen LogP contribution in [0.25, 0.3) is 0 Å². The minimum absolute atomic E-state index is 0.0377. The summed E-state index contributed by atoms with van der Waals surface area (Å²) in [5.74, 6) is 0.130. The number of rotatable bonds is 3. The van der Waals surface area contributed by atoms with Crippen molar-refractivity contribution in [3.8, 4) is 0 Å². The Kier molecular flexibility index (Phi) is 3.87. The van der Waals surface area contributed by atoms with Crippen molar-refractivity contribution in [1.82, 2.24) is 0 Å². The molecule has 2 rings (SSSR count). The van der Waals surface area contributed by atoms with Crippen molar-refractivity contribution in [2.24, 2.45) is 5.73 Å². The van der Waals surface area contributed by atoms with Gasteiger partial charge in [-0.1, -0.05) is 19.1 Å². The predicted molar refractivity (Wildman–Crippen MR) is 74.9 cm³/mol. The number of carbonyl (C=O) groups is 1. The van der Waals surface area contributed by atoms with Gasteiger partial charge in [0.1, 0.15) is 0 Å². The summed E-state index contributed by atoms with van der Waals surface area (Å²) in [4.78, 5) is 16.3. The summed E-state index contributed by atoms with van der Waals surface area (Å²) in [5, 5.41) is 0. The molecule has 0 aliphatic carbocycles. The van der Waals surface area contributed by atoms with Gasteiger partial charge in [0, 0.05) is 32.6 Å². The molecule has 0 bridgehead atoms. The summed E-state index contributed by atoms with van der Waals surface area (Å²) in [5.41, 5.74) is 7.98. The minimum atomic E-state index is -0.0377. The Morgan fingerprint density at radius 3 is 2.67 bits per heavy atom. The molecule has 0 spiro atoms. The summed E-state index contributed by atoms with van der Waals surface area (Å²) in [7, 11) is 2.05. The molecular weight excluding hydrogens is 226 g/mol. The van der Waals surface area contributed by atoms with E-state index in [9.17, 15) is 4.79 Å². The molecule has 0 aromatic heterocycles. The first-order valence-corrected chi connectivity index (χ1v) is 6.49. The number of nitrogens with zero attached hydrogens (tertiary/aromatic N) is 2. The van der Waals surface area contributed by atoms with Crippen LogP contribution in [0.2, 0.25) is 0 Å². The minimum Gasteiger partial charge on any atom is -0.371 e. The van der Waals surface area contributed by atoms with Crippen molar-refractivity contribution in [3.05, 3.63) is 24.3 Å². The number of amides is 1. The number of hydrogen-bond acceptors (Lipinski definition) is 3. The van der Waals surface area contributed by atoms with E-state index in [0.717, 1.165) is 30.9 Å². The Morgan fingerprint density at radius 2 is 2.00 bits per heavy atom. The molecule has 1 aromatic carbocycles. The Labute approximate surface area is 108 Å². The van der Waals surface area contributed by atoms with Gasteiger partial charge in [0.25, 0.3) is 0 Å². The molecule has 1 unspecified atom stereocenters. The molecule has 1 aromatic rings. The van der Waals surface area contributed by atoms with Gasteiger partial charge in [-0.25, -0.2) is 0 Å². The average molecular weight is 247 g/mol. The first kappa shape index (κ1) is 12.9. The zero-order valence-electron chi connectivity index (χ0n) is 11.1. The molecule has 18 heavy (non-hydrogen) atoms. The van der Waals surface area contributed by atoms with Crippen molar-refractivity contribution in [1.29, 1.82) is 0 Å². The number of carbonyl (C=O) groups excluding carboxylic acids is 1. The van der Waals surface area contributed by atoms with E-state index in [-0.39, 0.29) is 11.9 Å². The van der Waals surface area contributed by atoms with Crippen LogP contribution in [0.3, 0.4) is 0 Å². The third kappa shape index (κ3) is 2.48. The number of nitrogens with two attached hydrogens (primary N) is 1. The van der Waals surface area contributed by atoms with E-state index < -0.39 is 0 Å². The second-order valence-corrected chi connectivity index (χ2v) is 4.83. The van der Waals surface area contributed by atoms with Crippen LogP contribution >= 0.6 is 0 Å². The number of benzene rings is 1. The maximum Gasteiger partial charge on any atom is 0.228 e. The maximum absolute atomic E-state index is 12.3. The lowest BCUT2D eigenvalue weighted by atomic mass is 10.1. The van der Waals surface area contributed by atoms with Crippen molar-refractivity contribution in [2.45, 2.75) is 25.8 Å². The number of hydrogen-bond donors (Lipinski definition) is 1. The zero-order chi connectivity index (χ0) is 13.1. The van der Waals surface area contributed by atoms with Gasteiger partial charge in [-0.3, -0.25) is 4.79 Å². The number of likely N-dealkylation sites (N-methyl/N-ethyl adjacent to an activating group) is 1. The molecule has 1 atom stereocenters. The van der Waals surface area contributed by atoms with Crippen LogP contribution in [0.15, 0.2) is 24.3 Å². The fourth-order valence-electron chi connectivity index (χ4n) is 2.24. The maximum atomic E-state index is 12.3. The third-order valence-corrected chi connectivity index (χ3v) is 3.51. The zero-order valence-corrected chi connectivity index (χ0v) is 11.1. The highest BCUT2D eigenvalue weighted by Crippen LogP contribution is 2.32. The van der Waals surface area contributed by atoms with Gasteiger partial charge in [0.2, 0.25) is 5.91 Å². The van der Waals surface area contributed by atoms with Crippen molar-refractivity contribution in [2.75, 3.05) is 29.9 Å². The van der Waals surface area contributed by atoms with Crippen molar-refractivity contribution < 1.29 is 4.79 Å². The molecule has 4 nitrogen and oxygen atoms in total. The van der Waals surface area contributed by atoms with Crippen LogP contribution in [0.1, 0.15) is 19.8 Å². The number of fused-ring (bicyclic) bond motifs is 1. The standard InChI is InChI=1S/C14H21N3O/c1-3-11(15)10-14(18)17-9-8-16(2)12-6-4-5-7-13(12)17/h4-7,11H,3,8-10,15H2,1-2H3. The first-order chi connectivity index (χ1) is 8.63. The van der Waals surface area contributed by atoms with E-state index in [1.165, 1.54) is 0 Å². The van der Waals surface area contributed by atoms with E-state index >= 15 is 0 Å². The highest BCUT2D eigenvalue weighted by molar-refractivity contribution is 5.98. The normalized spacial score (nSPS) is 16.4. The molecule has 1 amide bonds. The highest BCUT2D eigenvalue weighted by Gasteiger charge is 2.25. The third-order valence-electron chi connectivity index (χ3n) is 3.51. The van der Waals surface area contributed by atoms with Gasteiger partial charge in [0.15, 0.2) is 0 Å². The summed E-state index contributed by atoms with van der Waals surface area (Å²) in [6.45, 7) is 3.61. The van der Waals surface area contributed by atoms with Gasteiger partial charge in [0.05, 0.1) is 11.4 Å². The van der Waals surface area contributed by atoms with E-state index in [1.807, 2.05) is 30.0 Å². The quantitative estimate of drug-likeness (QED) is 0.882. The molecule has 1 aliphatic heterocycles. The Bertz CT molecular complexity index is 433. The van der Waals surface area contributed by atoms with E-state index in [0.29, 0.717) is 6.42 Å². The van der Waals surface area contributed by atoms with Crippen molar-refractivity contribution in [3.63, 3.8) is 0 Å². The van der Waals surface area contributed by atoms with Crippen LogP contribution < -0.4 is 15.5 Å².